The van der Waals surface area contributed by atoms with Gasteiger partial charge in [-0.1, -0.05) is 0 Å². The number of aromatic nitrogens is 4. The number of hydrogen-bond donors (Lipinski definition) is 3. The molecule has 0 saturated carbocycles. The average Bonchev–Trinajstić information content (AvgIpc) is 2.89. The van der Waals surface area contributed by atoms with E-state index in [-0.39, 0.29) is 5.54 Å². The lowest BCUT2D eigenvalue weighted by molar-refractivity contribution is 0.397. The van der Waals surface area contributed by atoms with E-state index in [1.165, 1.54) is 5.56 Å². The quantitative estimate of drug-likeness (QED) is 0.691. The van der Waals surface area contributed by atoms with Crippen LogP contribution in [0.25, 0.3) is 0 Å². The summed E-state index contributed by atoms with van der Waals surface area (Å²) in [5.41, 5.74) is 2.20. The topological polar surface area (TPSA) is 69.4 Å². The fourth-order valence-electron chi connectivity index (χ4n) is 1.67. The van der Waals surface area contributed by atoms with E-state index in [0.717, 1.165) is 12.0 Å². The highest BCUT2D eigenvalue weighted by atomic mass is 15.1. The zero-order valence-corrected chi connectivity index (χ0v) is 8.91. The van der Waals surface area contributed by atoms with Gasteiger partial charge in [0, 0.05) is 23.5 Å². The Hall–Kier alpha value is -1.62. The molecule has 3 N–H and O–H groups in total. The van der Waals surface area contributed by atoms with Crippen molar-refractivity contribution in [2.75, 3.05) is 7.05 Å². The molecule has 80 valence electrons. The number of aromatic amines is 2. The minimum absolute atomic E-state index is 0.114. The van der Waals surface area contributed by atoms with Crippen LogP contribution in [0.4, 0.5) is 0 Å². The minimum atomic E-state index is -0.114. The molecule has 0 fully saturated rings. The van der Waals surface area contributed by atoms with Crippen molar-refractivity contribution in [2.24, 2.45) is 0 Å². The molecule has 1 atom stereocenters. The second-order valence-electron chi connectivity index (χ2n) is 3.85. The van der Waals surface area contributed by atoms with Crippen LogP contribution in [-0.2, 0) is 12.0 Å². The lowest BCUT2D eigenvalue weighted by Gasteiger charge is -2.27. The Balaban J connectivity index is 2.22. The van der Waals surface area contributed by atoms with Gasteiger partial charge in [-0.2, -0.15) is 10.2 Å². The van der Waals surface area contributed by atoms with E-state index in [9.17, 15) is 0 Å². The SMILES string of the molecule is CNC(C)(Cc1cn[nH]c1)c1cn[nH]c1. The number of rotatable bonds is 4. The van der Waals surface area contributed by atoms with Crippen LogP contribution in [0, 0.1) is 0 Å². The summed E-state index contributed by atoms with van der Waals surface area (Å²) >= 11 is 0. The van der Waals surface area contributed by atoms with Gasteiger partial charge in [0.2, 0.25) is 0 Å². The second-order valence-corrected chi connectivity index (χ2v) is 3.85. The Morgan fingerprint density at radius 1 is 1.27 bits per heavy atom. The van der Waals surface area contributed by atoms with Crippen LogP contribution in [-0.4, -0.2) is 27.4 Å². The van der Waals surface area contributed by atoms with Crippen LogP contribution in [0.1, 0.15) is 18.1 Å². The molecule has 0 aliphatic carbocycles. The van der Waals surface area contributed by atoms with Crippen molar-refractivity contribution < 1.29 is 0 Å². The summed E-state index contributed by atoms with van der Waals surface area (Å²) in [7, 11) is 1.95. The predicted octanol–water partition coefficient (Wildman–Crippen LogP) is 0.810. The number of nitrogens with zero attached hydrogens (tertiary/aromatic N) is 2. The predicted molar refractivity (Wildman–Crippen MR) is 57.3 cm³/mol. The van der Waals surface area contributed by atoms with Crippen molar-refractivity contribution in [3.63, 3.8) is 0 Å². The van der Waals surface area contributed by atoms with Crippen LogP contribution >= 0.6 is 0 Å². The third kappa shape index (κ3) is 1.92. The molecular formula is C10H15N5. The zero-order valence-electron chi connectivity index (χ0n) is 8.91. The standard InChI is InChI=1S/C10H15N5/c1-10(11-2,9-6-14-15-7-9)3-8-4-12-13-5-8/h4-7,11H,3H2,1-2H3,(H,12,13)(H,14,15). The molecule has 0 aromatic carbocycles. The van der Waals surface area contributed by atoms with Crippen LogP contribution < -0.4 is 5.32 Å². The zero-order chi connectivity index (χ0) is 10.7. The number of H-pyrrole nitrogens is 2. The first-order valence-electron chi connectivity index (χ1n) is 4.90. The first kappa shape index (κ1) is 9.92. The molecule has 0 aliphatic heterocycles. The van der Waals surface area contributed by atoms with Gasteiger partial charge in [-0.25, -0.2) is 0 Å². The van der Waals surface area contributed by atoms with E-state index in [4.69, 9.17) is 0 Å². The Kier molecular flexibility index (Phi) is 2.55. The molecule has 5 heteroatoms. The van der Waals surface area contributed by atoms with Gasteiger partial charge in [0.15, 0.2) is 0 Å². The summed E-state index contributed by atoms with van der Waals surface area (Å²) in [6.07, 6.45) is 8.39. The number of hydrogen-bond acceptors (Lipinski definition) is 3. The molecule has 0 spiro atoms. The third-order valence-corrected chi connectivity index (χ3v) is 2.80. The van der Waals surface area contributed by atoms with Gasteiger partial charge in [-0.05, 0) is 26.0 Å². The van der Waals surface area contributed by atoms with Crippen LogP contribution in [0.2, 0.25) is 0 Å². The summed E-state index contributed by atoms with van der Waals surface area (Å²) in [6.45, 7) is 2.14. The molecule has 5 nitrogen and oxygen atoms in total. The van der Waals surface area contributed by atoms with Gasteiger partial charge < -0.3 is 5.32 Å². The first-order chi connectivity index (χ1) is 7.24. The van der Waals surface area contributed by atoms with Crippen LogP contribution in [0.5, 0.6) is 0 Å². The molecular weight excluding hydrogens is 190 g/mol. The first-order valence-corrected chi connectivity index (χ1v) is 4.90. The smallest absolute Gasteiger partial charge is 0.0537 e. The maximum atomic E-state index is 3.98. The summed E-state index contributed by atoms with van der Waals surface area (Å²) in [6, 6.07) is 0. The third-order valence-electron chi connectivity index (χ3n) is 2.80. The Labute approximate surface area is 88.3 Å². The highest BCUT2D eigenvalue weighted by Gasteiger charge is 2.26. The molecule has 0 saturated heterocycles. The van der Waals surface area contributed by atoms with E-state index < -0.39 is 0 Å². The van der Waals surface area contributed by atoms with Crippen molar-refractivity contribution in [1.82, 2.24) is 25.7 Å². The molecule has 2 heterocycles. The number of nitrogens with one attached hydrogen (secondary N) is 3. The Bertz CT molecular complexity index is 391. The second kappa shape index (κ2) is 3.86. The van der Waals surface area contributed by atoms with Gasteiger partial charge in [0.05, 0.1) is 12.4 Å². The summed E-state index contributed by atoms with van der Waals surface area (Å²) in [5.74, 6) is 0. The fraction of sp³-hybridized carbons (Fsp3) is 0.400. The van der Waals surface area contributed by atoms with Crippen molar-refractivity contribution in [3.05, 3.63) is 35.9 Å². The lowest BCUT2D eigenvalue weighted by Crippen LogP contribution is -2.38. The van der Waals surface area contributed by atoms with E-state index in [2.05, 4.69) is 32.6 Å². The van der Waals surface area contributed by atoms with E-state index in [1.807, 2.05) is 31.8 Å². The van der Waals surface area contributed by atoms with Gasteiger partial charge in [-0.15, -0.1) is 0 Å². The van der Waals surface area contributed by atoms with E-state index in [1.54, 1.807) is 0 Å². The Morgan fingerprint density at radius 2 is 2.00 bits per heavy atom. The molecule has 0 bridgehead atoms. The Morgan fingerprint density at radius 3 is 2.53 bits per heavy atom. The van der Waals surface area contributed by atoms with Gasteiger partial charge in [0.25, 0.3) is 0 Å². The maximum Gasteiger partial charge on any atom is 0.0537 e. The van der Waals surface area contributed by atoms with Crippen molar-refractivity contribution >= 4 is 0 Å². The molecule has 2 aromatic heterocycles. The van der Waals surface area contributed by atoms with E-state index >= 15 is 0 Å². The molecule has 1 unspecified atom stereocenters. The van der Waals surface area contributed by atoms with Crippen LogP contribution in [0.15, 0.2) is 24.8 Å². The summed E-state index contributed by atoms with van der Waals surface area (Å²) in [5, 5.41) is 16.9. The minimum Gasteiger partial charge on any atom is -0.310 e. The van der Waals surface area contributed by atoms with Gasteiger partial charge in [0.1, 0.15) is 0 Å². The summed E-state index contributed by atoms with van der Waals surface area (Å²) in [4.78, 5) is 0. The number of likely N-dealkylation sites (N-methyl/N-ethyl adjacent to an activating group) is 1. The van der Waals surface area contributed by atoms with Crippen molar-refractivity contribution in [2.45, 2.75) is 18.9 Å². The average molecular weight is 205 g/mol. The normalized spacial score (nSPS) is 15.1. The van der Waals surface area contributed by atoms with Gasteiger partial charge >= 0.3 is 0 Å². The lowest BCUT2D eigenvalue weighted by atomic mass is 9.89. The molecule has 0 amide bonds. The largest absolute Gasteiger partial charge is 0.310 e. The highest BCUT2D eigenvalue weighted by Crippen LogP contribution is 2.23. The molecule has 0 aliphatic rings. The maximum absolute atomic E-state index is 3.98. The van der Waals surface area contributed by atoms with Crippen LogP contribution in [0.3, 0.4) is 0 Å². The van der Waals surface area contributed by atoms with Gasteiger partial charge in [-0.3, -0.25) is 10.2 Å². The molecule has 2 rings (SSSR count). The van der Waals surface area contributed by atoms with Crippen molar-refractivity contribution in [3.8, 4) is 0 Å². The van der Waals surface area contributed by atoms with Crippen molar-refractivity contribution in [1.29, 1.82) is 0 Å². The molecule has 0 radical (unpaired) electrons. The molecule has 2 aromatic rings. The fourth-order valence-corrected chi connectivity index (χ4v) is 1.67. The van der Waals surface area contributed by atoms with E-state index in [0.29, 0.717) is 0 Å². The molecule has 15 heavy (non-hydrogen) atoms. The monoisotopic (exact) mass is 205 g/mol. The highest BCUT2D eigenvalue weighted by molar-refractivity contribution is 5.21. The summed E-state index contributed by atoms with van der Waals surface area (Å²) < 4.78 is 0.